The molecule has 27 heavy (non-hydrogen) atoms. The van der Waals surface area contributed by atoms with Crippen molar-refractivity contribution in [2.24, 2.45) is 0 Å². The van der Waals surface area contributed by atoms with Gasteiger partial charge in [0, 0.05) is 23.3 Å². The van der Waals surface area contributed by atoms with E-state index in [1.54, 1.807) is 12.1 Å². The van der Waals surface area contributed by atoms with Crippen LogP contribution < -0.4 is 0 Å². The highest BCUT2D eigenvalue weighted by atomic mass is 35.5. The van der Waals surface area contributed by atoms with Crippen LogP contribution >= 0.6 is 11.6 Å². The normalized spacial score (nSPS) is 12.8. The third kappa shape index (κ3) is 6.88. The van der Waals surface area contributed by atoms with Crippen molar-refractivity contribution in [1.82, 2.24) is 0 Å². The topological polar surface area (TPSA) is 78.7 Å². The van der Waals surface area contributed by atoms with Crippen LogP contribution in [-0.2, 0) is 22.6 Å². The molecule has 0 amide bonds. The number of nitrogens with zero attached hydrogens (tertiary/aromatic N) is 2. The van der Waals surface area contributed by atoms with Gasteiger partial charge >= 0.3 is 6.16 Å². The highest BCUT2D eigenvalue weighted by molar-refractivity contribution is 6.17. The zero-order valence-corrected chi connectivity index (χ0v) is 15.8. The maximum Gasteiger partial charge on any atom is 0.509 e. The number of ether oxygens (including phenoxy) is 2. The molecule has 0 radical (unpaired) electrons. The number of carbonyl (C=O) groups is 1. The quantitative estimate of drug-likeness (QED) is 0.211. The van der Waals surface area contributed by atoms with Gasteiger partial charge in [-0.25, -0.2) is 4.79 Å². The molecule has 8 heteroatoms. The van der Waals surface area contributed by atoms with Gasteiger partial charge in [-0.15, -0.1) is 0 Å². The monoisotopic (exact) mass is 393 g/mol. The highest BCUT2D eigenvalue weighted by Crippen LogP contribution is 2.19. The number of carbonyl (C=O) groups excluding carboxylic acids is 1. The van der Waals surface area contributed by atoms with Gasteiger partial charge in [-0.1, -0.05) is 41.9 Å². The molecule has 0 aliphatic heterocycles. The fraction of sp³-hybridized carbons (Fsp3) is 0.316. The van der Waals surface area contributed by atoms with E-state index in [1.807, 2.05) is 37.4 Å². The number of halogens is 1. The Balaban J connectivity index is 2.10. The second-order valence-corrected chi connectivity index (χ2v) is 6.64. The molecule has 2 rings (SSSR count). The minimum Gasteiger partial charge on any atom is -0.428 e. The fourth-order valence-electron chi connectivity index (χ4n) is 2.84. The van der Waals surface area contributed by atoms with Crippen molar-refractivity contribution in [3.63, 3.8) is 0 Å². The van der Waals surface area contributed by atoms with E-state index in [2.05, 4.69) is 4.74 Å². The molecule has 0 heterocycles. The lowest BCUT2D eigenvalue weighted by Gasteiger charge is -2.34. The van der Waals surface area contributed by atoms with Crippen LogP contribution in [0.3, 0.4) is 0 Å². The summed E-state index contributed by atoms with van der Waals surface area (Å²) < 4.78 is 10.2. The molecule has 144 valence electrons. The van der Waals surface area contributed by atoms with Crippen LogP contribution in [0.1, 0.15) is 11.1 Å². The van der Waals surface area contributed by atoms with Crippen molar-refractivity contribution < 1.29 is 23.7 Å². The number of rotatable bonds is 9. The molecule has 0 aromatic heterocycles. The largest absolute Gasteiger partial charge is 0.509 e. The van der Waals surface area contributed by atoms with E-state index in [1.165, 1.54) is 12.1 Å². The van der Waals surface area contributed by atoms with E-state index < -0.39 is 11.1 Å². The molecule has 0 saturated carbocycles. The van der Waals surface area contributed by atoms with Crippen LogP contribution in [0, 0.1) is 10.1 Å². The summed E-state index contributed by atoms with van der Waals surface area (Å²) in [5.41, 5.74) is 2.16. The van der Waals surface area contributed by atoms with Crippen molar-refractivity contribution >= 4 is 23.4 Å². The highest BCUT2D eigenvalue weighted by Gasteiger charge is 2.24. The first-order chi connectivity index (χ1) is 12.9. The summed E-state index contributed by atoms with van der Waals surface area (Å²) in [6.07, 6.45) is -0.799. The number of hydrogen-bond donors (Lipinski definition) is 0. The Morgan fingerprint density at radius 1 is 1.04 bits per heavy atom. The number of alkyl halides is 1. The third-order valence-electron chi connectivity index (χ3n) is 4.14. The summed E-state index contributed by atoms with van der Waals surface area (Å²) in [6, 6.07) is 16.2. The number of nitro groups is 1. The minimum absolute atomic E-state index is 0.0585. The first kappa shape index (κ1) is 20.7. The van der Waals surface area contributed by atoms with Crippen LogP contribution in [0.2, 0.25) is 0 Å². The van der Waals surface area contributed by atoms with Crippen LogP contribution in [-0.4, -0.2) is 41.8 Å². The van der Waals surface area contributed by atoms with E-state index in [0.29, 0.717) is 24.1 Å². The van der Waals surface area contributed by atoms with Crippen LogP contribution in [0.15, 0.2) is 54.6 Å². The van der Waals surface area contributed by atoms with Gasteiger partial charge in [-0.05, 0) is 12.1 Å². The number of quaternary nitrogens is 1. The van der Waals surface area contributed by atoms with Crippen molar-refractivity contribution in [3.8, 4) is 0 Å². The van der Waals surface area contributed by atoms with E-state index in [0.717, 1.165) is 11.1 Å². The predicted molar refractivity (Wildman–Crippen MR) is 101 cm³/mol. The van der Waals surface area contributed by atoms with Gasteiger partial charge in [0.25, 0.3) is 5.69 Å². The first-order valence-corrected chi connectivity index (χ1v) is 8.92. The Morgan fingerprint density at radius 3 is 2.19 bits per heavy atom. The Morgan fingerprint density at radius 2 is 1.63 bits per heavy atom. The number of non-ortho nitro benzene ring substituents is 1. The molecular formula is C19H22ClN2O5+. The maximum absolute atomic E-state index is 11.3. The third-order valence-corrected chi connectivity index (χ3v) is 4.25. The zero-order chi connectivity index (χ0) is 19.7. The van der Waals surface area contributed by atoms with Gasteiger partial charge in [0.15, 0.2) is 6.07 Å². The lowest BCUT2D eigenvalue weighted by atomic mass is 10.1. The molecule has 0 N–H and O–H groups in total. The van der Waals surface area contributed by atoms with Crippen LogP contribution in [0.25, 0.3) is 0 Å². The van der Waals surface area contributed by atoms with Gasteiger partial charge in [-0.3, -0.25) is 10.1 Å². The van der Waals surface area contributed by atoms with Crippen LogP contribution in [0.5, 0.6) is 0 Å². The van der Waals surface area contributed by atoms with Gasteiger partial charge in [-0.2, -0.15) is 0 Å². The summed E-state index contributed by atoms with van der Waals surface area (Å²) in [5, 5.41) is 10.8. The molecule has 1 atom stereocenters. The standard InChI is InChI=1S/C19H22ClN2O5/c1-22(11-12-26-19(23)27-15-20,13-16-5-3-2-4-6-16)14-17-7-9-18(10-8-17)21(24)25/h2-10H,11-15H2,1H3/q+1. The van der Waals surface area contributed by atoms with E-state index in [-0.39, 0.29) is 18.4 Å². The predicted octanol–water partition coefficient (Wildman–Crippen LogP) is 4.09. The molecule has 2 aromatic carbocycles. The molecule has 2 aromatic rings. The Labute approximate surface area is 162 Å². The van der Waals surface area contributed by atoms with Gasteiger partial charge in [0.2, 0.25) is 0 Å². The van der Waals surface area contributed by atoms with Crippen molar-refractivity contribution in [1.29, 1.82) is 0 Å². The van der Waals surface area contributed by atoms with Crippen molar-refractivity contribution in [3.05, 3.63) is 75.8 Å². The number of benzene rings is 2. The zero-order valence-electron chi connectivity index (χ0n) is 15.0. The maximum atomic E-state index is 11.3. The summed E-state index contributed by atoms with van der Waals surface area (Å²) in [7, 11) is 2.05. The summed E-state index contributed by atoms with van der Waals surface area (Å²) >= 11 is 5.34. The second-order valence-electron chi connectivity index (χ2n) is 6.42. The first-order valence-electron chi connectivity index (χ1n) is 8.38. The smallest absolute Gasteiger partial charge is 0.428 e. The Kier molecular flexibility index (Phi) is 7.57. The number of hydrogen-bond acceptors (Lipinski definition) is 5. The number of likely N-dealkylation sites (N-methyl/N-ethyl adjacent to an activating group) is 1. The molecule has 0 fully saturated rings. The lowest BCUT2D eigenvalue weighted by Crippen LogP contribution is -2.45. The second kappa shape index (κ2) is 9.89. The minimum atomic E-state index is -0.799. The molecule has 0 aliphatic rings. The van der Waals surface area contributed by atoms with Crippen LogP contribution in [0.4, 0.5) is 10.5 Å². The Bertz CT molecular complexity index is 754. The molecule has 0 aliphatic carbocycles. The van der Waals surface area contributed by atoms with Gasteiger partial charge in [0.05, 0.1) is 12.0 Å². The van der Waals surface area contributed by atoms with Crippen molar-refractivity contribution in [2.45, 2.75) is 13.1 Å². The molecule has 1 unspecified atom stereocenters. The molecule has 0 spiro atoms. The van der Waals surface area contributed by atoms with E-state index in [9.17, 15) is 14.9 Å². The molecule has 7 nitrogen and oxygen atoms in total. The molecule has 0 saturated heterocycles. The SMILES string of the molecule is C[N+](CCOC(=O)OCCl)(Cc1ccccc1)Cc1ccc([N+](=O)[O-])cc1. The fourth-order valence-corrected chi connectivity index (χ4v) is 2.93. The lowest BCUT2D eigenvalue weighted by molar-refractivity contribution is -0.935. The van der Waals surface area contributed by atoms with E-state index in [4.69, 9.17) is 16.3 Å². The molecule has 0 bridgehead atoms. The van der Waals surface area contributed by atoms with Gasteiger partial charge < -0.3 is 14.0 Å². The Hall–Kier alpha value is -2.64. The van der Waals surface area contributed by atoms with Crippen molar-refractivity contribution in [2.75, 3.05) is 26.3 Å². The average Bonchev–Trinajstić information content (AvgIpc) is 2.63. The average molecular weight is 394 g/mol. The summed E-state index contributed by atoms with van der Waals surface area (Å²) in [4.78, 5) is 21.8. The summed E-state index contributed by atoms with van der Waals surface area (Å²) in [5.74, 6) is 0. The number of nitro benzene ring substituents is 1. The summed E-state index contributed by atoms with van der Waals surface area (Å²) in [6.45, 7) is 2.06. The van der Waals surface area contributed by atoms with Gasteiger partial charge in [0.1, 0.15) is 26.2 Å². The molecular weight excluding hydrogens is 372 g/mol. The van der Waals surface area contributed by atoms with E-state index >= 15 is 0 Å².